The summed E-state index contributed by atoms with van der Waals surface area (Å²) in [5.74, 6) is 0.390. The number of fused-ring (bicyclic) bond motifs is 1. The van der Waals surface area contributed by atoms with Crippen LogP contribution in [0.2, 0.25) is 0 Å². The van der Waals surface area contributed by atoms with Gasteiger partial charge in [0.1, 0.15) is 6.10 Å². The van der Waals surface area contributed by atoms with Gasteiger partial charge in [0.2, 0.25) is 11.8 Å². The summed E-state index contributed by atoms with van der Waals surface area (Å²) in [7, 11) is 0. The van der Waals surface area contributed by atoms with Crippen LogP contribution in [-0.4, -0.2) is 40.3 Å². The molecular weight excluding hydrogens is 374 g/mol. The molecule has 4 fully saturated rings. The molecular formula is C20H29N5O4. The lowest BCUT2D eigenvalue weighted by atomic mass is 9.69. The second kappa shape index (κ2) is 7.35. The second-order valence-corrected chi connectivity index (χ2v) is 9.16. The molecule has 4 aliphatic carbocycles. The van der Waals surface area contributed by atoms with Crippen LogP contribution >= 0.6 is 0 Å². The minimum Gasteiger partial charge on any atom is -0.446 e. The first kappa shape index (κ1) is 19.7. The number of amides is 3. The molecule has 0 radical (unpaired) electrons. The van der Waals surface area contributed by atoms with Crippen molar-refractivity contribution in [3.63, 3.8) is 0 Å². The van der Waals surface area contributed by atoms with E-state index in [4.69, 9.17) is 10.5 Å². The van der Waals surface area contributed by atoms with Gasteiger partial charge in [-0.3, -0.25) is 14.7 Å². The maximum atomic E-state index is 12.6. The van der Waals surface area contributed by atoms with E-state index in [2.05, 4.69) is 20.8 Å². The van der Waals surface area contributed by atoms with Crippen LogP contribution in [0.1, 0.15) is 64.0 Å². The zero-order chi connectivity index (χ0) is 20.8. The number of ether oxygens (including phenoxy) is 1. The summed E-state index contributed by atoms with van der Waals surface area (Å²) < 4.78 is 5.47. The van der Waals surface area contributed by atoms with Gasteiger partial charge in [-0.15, -0.1) is 0 Å². The number of anilines is 1. The molecule has 0 aliphatic heterocycles. The van der Waals surface area contributed by atoms with Gasteiger partial charge in [-0.2, -0.15) is 5.10 Å². The van der Waals surface area contributed by atoms with Crippen LogP contribution in [0.4, 0.5) is 10.6 Å². The largest absolute Gasteiger partial charge is 0.446 e. The van der Waals surface area contributed by atoms with Gasteiger partial charge in [0.05, 0.1) is 5.41 Å². The number of hydrogen-bond donors (Lipinski definition) is 4. The molecule has 5 N–H and O–H groups in total. The Morgan fingerprint density at radius 3 is 2.69 bits per heavy atom. The van der Waals surface area contributed by atoms with Crippen molar-refractivity contribution in [3.8, 4) is 0 Å². The Balaban J connectivity index is 1.29. The van der Waals surface area contributed by atoms with E-state index in [-0.39, 0.29) is 47.8 Å². The van der Waals surface area contributed by atoms with Crippen molar-refractivity contribution in [2.75, 3.05) is 5.32 Å². The number of carbonyl (C=O) groups excluding carboxylic acids is 3. The summed E-state index contributed by atoms with van der Waals surface area (Å²) in [4.78, 5) is 36.0. The Labute approximate surface area is 169 Å². The number of nitrogens with one attached hydrogen (secondary N) is 3. The highest BCUT2D eigenvalue weighted by molar-refractivity contribution is 5.94. The maximum Gasteiger partial charge on any atom is 0.407 e. The Hall–Kier alpha value is -2.58. The molecule has 0 saturated heterocycles. The number of alkyl carbamates (subject to hydrolysis) is 1. The average molecular weight is 403 g/mol. The van der Waals surface area contributed by atoms with E-state index in [1.807, 2.05) is 19.9 Å². The zero-order valence-corrected chi connectivity index (χ0v) is 16.9. The zero-order valence-electron chi connectivity index (χ0n) is 16.9. The topological polar surface area (TPSA) is 139 Å². The molecule has 0 aromatic carbocycles. The van der Waals surface area contributed by atoms with Gasteiger partial charge < -0.3 is 21.1 Å². The lowest BCUT2D eigenvalue weighted by molar-refractivity contribution is -0.131. The van der Waals surface area contributed by atoms with Crippen LogP contribution in [-0.2, 0) is 14.3 Å². The monoisotopic (exact) mass is 403 g/mol. The lowest BCUT2D eigenvalue weighted by Gasteiger charge is -2.35. The summed E-state index contributed by atoms with van der Waals surface area (Å²) in [5, 5.41) is 12.8. The fourth-order valence-corrected chi connectivity index (χ4v) is 5.17. The molecule has 0 spiro atoms. The molecule has 4 saturated carbocycles. The van der Waals surface area contributed by atoms with Gasteiger partial charge >= 0.3 is 6.09 Å². The third kappa shape index (κ3) is 3.82. The van der Waals surface area contributed by atoms with Crippen molar-refractivity contribution in [3.05, 3.63) is 11.8 Å². The van der Waals surface area contributed by atoms with Crippen molar-refractivity contribution < 1.29 is 19.1 Å². The van der Waals surface area contributed by atoms with Gasteiger partial charge in [-0.1, -0.05) is 0 Å². The molecule has 4 aliphatic rings. The van der Waals surface area contributed by atoms with E-state index in [9.17, 15) is 14.4 Å². The predicted molar refractivity (Wildman–Crippen MR) is 105 cm³/mol. The molecule has 9 nitrogen and oxygen atoms in total. The Kier molecular flexibility index (Phi) is 5.00. The van der Waals surface area contributed by atoms with Crippen LogP contribution in [0.3, 0.4) is 0 Å². The van der Waals surface area contributed by atoms with Gasteiger partial charge in [0.25, 0.3) is 0 Å². The number of nitrogens with zero attached hydrogens (tertiary/aromatic N) is 1. The fourth-order valence-electron chi connectivity index (χ4n) is 5.17. The number of aromatic amines is 1. The Morgan fingerprint density at radius 1 is 1.28 bits per heavy atom. The van der Waals surface area contributed by atoms with Gasteiger partial charge in [-0.25, -0.2) is 4.79 Å². The van der Waals surface area contributed by atoms with E-state index in [1.165, 1.54) is 0 Å². The summed E-state index contributed by atoms with van der Waals surface area (Å²) in [6.07, 6.45) is 3.91. The van der Waals surface area contributed by atoms with Crippen LogP contribution in [0, 0.1) is 17.3 Å². The average Bonchev–Trinajstić information content (AvgIpc) is 3.35. The van der Waals surface area contributed by atoms with E-state index < -0.39 is 5.41 Å². The van der Waals surface area contributed by atoms with E-state index >= 15 is 0 Å². The van der Waals surface area contributed by atoms with Crippen molar-refractivity contribution >= 4 is 23.7 Å². The highest BCUT2D eigenvalue weighted by atomic mass is 16.6. The van der Waals surface area contributed by atoms with Crippen LogP contribution in [0.25, 0.3) is 0 Å². The number of hydrogen-bond acceptors (Lipinski definition) is 5. The standard InChI is InChI=1S/C20H29N5O4/c1-10(2)22-19(28)29-13-4-3-11(5-13)15-6-16(25-24-15)23-17(26)14-9-20(18(21)27)7-12(14)8-20/h6,10-14H,3-5,7-9H2,1-2H3,(H2,21,27)(H,22,28)(H2,23,24,25,26)/t11-,12?,13+,14?,20?/m0/s1. The molecule has 2 bridgehead atoms. The van der Waals surface area contributed by atoms with Gasteiger partial charge in [-0.05, 0) is 58.3 Å². The van der Waals surface area contributed by atoms with E-state index in [0.29, 0.717) is 12.2 Å². The quantitative estimate of drug-likeness (QED) is 0.575. The first-order chi connectivity index (χ1) is 13.8. The highest BCUT2D eigenvalue weighted by Crippen LogP contribution is 2.61. The van der Waals surface area contributed by atoms with Gasteiger partial charge in [0, 0.05) is 29.6 Å². The second-order valence-electron chi connectivity index (χ2n) is 9.16. The predicted octanol–water partition coefficient (Wildman–Crippen LogP) is 2.02. The highest BCUT2D eigenvalue weighted by Gasteiger charge is 2.61. The first-order valence-corrected chi connectivity index (χ1v) is 10.4. The number of nitrogens with two attached hydrogens (primary N) is 1. The van der Waals surface area contributed by atoms with Gasteiger partial charge in [0.15, 0.2) is 5.82 Å². The van der Waals surface area contributed by atoms with E-state index in [0.717, 1.165) is 37.8 Å². The smallest absolute Gasteiger partial charge is 0.407 e. The number of carbonyl (C=O) groups is 3. The molecule has 1 aromatic rings. The van der Waals surface area contributed by atoms with Crippen LogP contribution in [0.5, 0.6) is 0 Å². The summed E-state index contributed by atoms with van der Waals surface area (Å²) >= 11 is 0. The normalized spacial score (nSPS) is 32.7. The minimum absolute atomic E-state index is 0.0436. The summed E-state index contributed by atoms with van der Waals surface area (Å²) in [5.41, 5.74) is 5.96. The SMILES string of the molecule is CC(C)NC(=O)O[C@@H]1CC[C@H](c2cc(NC(=O)C3CC4(C(N)=O)CC3C4)n[nH]2)C1. The molecule has 3 amide bonds. The minimum atomic E-state index is -0.468. The molecule has 5 rings (SSSR count). The van der Waals surface area contributed by atoms with Crippen molar-refractivity contribution in [1.29, 1.82) is 0 Å². The van der Waals surface area contributed by atoms with Crippen molar-refractivity contribution in [1.82, 2.24) is 15.5 Å². The van der Waals surface area contributed by atoms with Crippen molar-refractivity contribution in [2.24, 2.45) is 23.0 Å². The first-order valence-electron chi connectivity index (χ1n) is 10.4. The Morgan fingerprint density at radius 2 is 2.03 bits per heavy atom. The number of aromatic nitrogens is 2. The lowest BCUT2D eigenvalue weighted by Crippen LogP contribution is -2.41. The number of primary amides is 1. The maximum absolute atomic E-state index is 12.6. The molecule has 29 heavy (non-hydrogen) atoms. The molecule has 1 heterocycles. The number of H-pyrrole nitrogens is 1. The molecule has 9 heteroatoms. The van der Waals surface area contributed by atoms with E-state index in [1.54, 1.807) is 0 Å². The molecule has 158 valence electrons. The van der Waals surface area contributed by atoms with Crippen LogP contribution in [0.15, 0.2) is 6.07 Å². The molecule has 1 aromatic heterocycles. The molecule has 1 unspecified atom stereocenters. The van der Waals surface area contributed by atoms with Crippen LogP contribution < -0.4 is 16.4 Å². The fraction of sp³-hybridized carbons (Fsp3) is 0.700. The molecule has 3 atom stereocenters. The third-order valence-corrected chi connectivity index (χ3v) is 6.70. The summed E-state index contributed by atoms with van der Waals surface area (Å²) in [6.45, 7) is 3.78. The number of rotatable bonds is 6. The van der Waals surface area contributed by atoms with Crippen molar-refractivity contribution in [2.45, 2.75) is 70.4 Å². The summed E-state index contributed by atoms with van der Waals surface area (Å²) in [6, 6.07) is 1.89. The third-order valence-electron chi connectivity index (χ3n) is 6.70. The Bertz CT molecular complexity index is 814.